The van der Waals surface area contributed by atoms with Gasteiger partial charge in [-0.1, -0.05) is 0 Å². The number of halogens is 1. The van der Waals surface area contributed by atoms with Crippen LogP contribution in [0.3, 0.4) is 0 Å². The predicted octanol–water partition coefficient (Wildman–Crippen LogP) is 3.73. The van der Waals surface area contributed by atoms with Crippen LogP contribution in [0.4, 0.5) is 0 Å². The highest BCUT2D eigenvalue weighted by Crippen LogP contribution is 2.35. The number of rotatable bonds is 1. The number of hydrogen-bond acceptors (Lipinski definition) is 4. The van der Waals surface area contributed by atoms with E-state index in [-0.39, 0.29) is 0 Å². The summed E-state index contributed by atoms with van der Waals surface area (Å²) in [6.45, 7) is 1.42. The fourth-order valence-electron chi connectivity index (χ4n) is 1.68. The highest BCUT2D eigenvalue weighted by Gasteiger charge is 2.12. The Balaban J connectivity index is 2.00. The number of aromatic nitrogens is 1. The summed E-state index contributed by atoms with van der Waals surface area (Å²) in [6.07, 6.45) is 0.923. The van der Waals surface area contributed by atoms with Crippen molar-refractivity contribution >= 4 is 27.3 Å². The van der Waals surface area contributed by atoms with Crippen LogP contribution in [-0.4, -0.2) is 18.2 Å². The first-order valence-corrected chi connectivity index (χ1v) is 7.01. The average molecular weight is 312 g/mol. The van der Waals surface area contributed by atoms with Crippen molar-refractivity contribution in [3.05, 3.63) is 28.2 Å². The van der Waals surface area contributed by atoms with Gasteiger partial charge in [-0.3, -0.25) is 0 Å². The Morgan fingerprint density at radius 2 is 2.00 bits per heavy atom. The Hall–Kier alpha value is -1.07. The predicted molar refractivity (Wildman–Crippen MR) is 70.9 cm³/mol. The van der Waals surface area contributed by atoms with E-state index in [0.717, 1.165) is 39.7 Å². The number of nitrogens with zero attached hydrogens (tertiary/aromatic N) is 1. The van der Waals surface area contributed by atoms with Crippen LogP contribution in [0.2, 0.25) is 0 Å². The molecule has 0 radical (unpaired) electrons. The first-order valence-electron chi connectivity index (χ1n) is 5.34. The van der Waals surface area contributed by atoms with Crippen molar-refractivity contribution in [1.29, 1.82) is 0 Å². The lowest BCUT2D eigenvalue weighted by Crippen LogP contribution is -1.97. The van der Waals surface area contributed by atoms with Gasteiger partial charge in [0.1, 0.15) is 9.61 Å². The molecule has 0 saturated carbocycles. The number of thiazole rings is 1. The van der Waals surface area contributed by atoms with Crippen LogP contribution in [0.5, 0.6) is 11.5 Å². The second kappa shape index (κ2) is 4.66. The molecule has 0 spiro atoms. The van der Waals surface area contributed by atoms with Gasteiger partial charge in [0, 0.05) is 17.4 Å². The number of fused-ring (bicyclic) bond motifs is 1. The molecule has 0 aliphatic carbocycles. The molecule has 0 atom stereocenters. The van der Waals surface area contributed by atoms with Crippen molar-refractivity contribution in [2.75, 3.05) is 13.2 Å². The van der Waals surface area contributed by atoms with E-state index < -0.39 is 0 Å². The van der Waals surface area contributed by atoms with Gasteiger partial charge in [0.05, 0.1) is 13.2 Å². The van der Waals surface area contributed by atoms with Gasteiger partial charge in [-0.05, 0) is 34.1 Å². The maximum atomic E-state index is 5.66. The highest BCUT2D eigenvalue weighted by atomic mass is 79.9. The Kier molecular flexibility index (Phi) is 3.03. The second-order valence-electron chi connectivity index (χ2n) is 3.69. The molecule has 0 N–H and O–H groups in total. The largest absolute Gasteiger partial charge is 0.490 e. The van der Waals surface area contributed by atoms with E-state index in [2.05, 4.69) is 20.9 Å². The number of ether oxygens (including phenoxy) is 2. The molecule has 0 fully saturated rings. The maximum Gasteiger partial charge on any atom is 0.161 e. The van der Waals surface area contributed by atoms with Crippen LogP contribution in [0, 0.1) is 0 Å². The molecule has 2 heterocycles. The lowest BCUT2D eigenvalue weighted by atomic mass is 10.2. The van der Waals surface area contributed by atoms with Gasteiger partial charge in [0.2, 0.25) is 0 Å². The van der Waals surface area contributed by atoms with Gasteiger partial charge < -0.3 is 9.47 Å². The molecule has 17 heavy (non-hydrogen) atoms. The molecule has 5 heteroatoms. The zero-order valence-electron chi connectivity index (χ0n) is 8.98. The molecule has 1 aromatic heterocycles. The van der Waals surface area contributed by atoms with Crippen LogP contribution in [0.1, 0.15) is 6.42 Å². The monoisotopic (exact) mass is 311 g/mol. The van der Waals surface area contributed by atoms with Gasteiger partial charge in [0.15, 0.2) is 11.5 Å². The SMILES string of the molecule is Brc1csc(-c2ccc3c(c2)OCCCO3)n1. The fraction of sp³-hybridized carbons (Fsp3) is 0.250. The molecular weight excluding hydrogens is 302 g/mol. The van der Waals surface area contributed by atoms with Gasteiger partial charge in [0.25, 0.3) is 0 Å². The summed E-state index contributed by atoms with van der Waals surface area (Å²) in [4.78, 5) is 4.39. The van der Waals surface area contributed by atoms with Crippen molar-refractivity contribution in [1.82, 2.24) is 4.98 Å². The first kappa shape index (κ1) is 11.0. The molecule has 0 unspecified atom stereocenters. The summed E-state index contributed by atoms with van der Waals surface area (Å²) in [5.74, 6) is 1.63. The Labute approximate surface area is 112 Å². The first-order chi connectivity index (χ1) is 8.33. The summed E-state index contributed by atoms with van der Waals surface area (Å²) in [7, 11) is 0. The molecular formula is C12H10BrNO2S. The highest BCUT2D eigenvalue weighted by molar-refractivity contribution is 9.10. The molecule has 2 aromatic rings. The third kappa shape index (κ3) is 2.30. The van der Waals surface area contributed by atoms with E-state index in [9.17, 15) is 0 Å². The number of benzene rings is 1. The van der Waals surface area contributed by atoms with Gasteiger partial charge in [-0.15, -0.1) is 11.3 Å². The third-order valence-electron chi connectivity index (χ3n) is 2.47. The van der Waals surface area contributed by atoms with Crippen molar-refractivity contribution in [2.24, 2.45) is 0 Å². The molecule has 3 rings (SSSR count). The fourth-order valence-corrected chi connectivity index (χ4v) is 2.93. The quantitative estimate of drug-likeness (QED) is 0.804. The minimum atomic E-state index is 0.706. The average Bonchev–Trinajstić information content (AvgIpc) is 2.64. The Morgan fingerprint density at radius 1 is 1.18 bits per heavy atom. The van der Waals surface area contributed by atoms with Crippen LogP contribution >= 0.6 is 27.3 Å². The molecule has 1 aliphatic rings. The summed E-state index contributed by atoms with van der Waals surface area (Å²) < 4.78 is 12.1. The topological polar surface area (TPSA) is 31.4 Å². The molecule has 0 bridgehead atoms. The standard InChI is InChI=1S/C12H10BrNO2S/c13-11-7-17-12(14-11)8-2-3-9-10(6-8)16-5-1-4-15-9/h2-3,6-7H,1,4-5H2. The normalized spacial score (nSPS) is 14.4. The molecule has 1 aromatic carbocycles. The van der Waals surface area contributed by atoms with Gasteiger partial charge >= 0.3 is 0 Å². The van der Waals surface area contributed by atoms with Gasteiger partial charge in [-0.2, -0.15) is 0 Å². The zero-order chi connectivity index (χ0) is 11.7. The Bertz CT molecular complexity index is 541. The van der Waals surface area contributed by atoms with E-state index in [0.29, 0.717) is 6.61 Å². The van der Waals surface area contributed by atoms with Crippen molar-refractivity contribution < 1.29 is 9.47 Å². The van der Waals surface area contributed by atoms with E-state index in [1.54, 1.807) is 11.3 Å². The van der Waals surface area contributed by atoms with Crippen LogP contribution in [0.25, 0.3) is 10.6 Å². The minimum Gasteiger partial charge on any atom is -0.490 e. The molecule has 88 valence electrons. The van der Waals surface area contributed by atoms with Crippen molar-refractivity contribution in [2.45, 2.75) is 6.42 Å². The lowest BCUT2D eigenvalue weighted by Gasteiger charge is -2.07. The third-order valence-corrected chi connectivity index (χ3v) is 4.07. The summed E-state index contributed by atoms with van der Waals surface area (Å²) in [5.41, 5.74) is 1.06. The molecule has 0 amide bonds. The van der Waals surface area contributed by atoms with Crippen molar-refractivity contribution in [3.8, 4) is 22.1 Å². The van der Waals surface area contributed by atoms with E-state index in [1.807, 2.05) is 23.6 Å². The maximum absolute atomic E-state index is 5.66. The Morgan fingerprint density at radius 3 is 2.76 bits per heavy atom. The van der Waals surface area contributed by atoms with E-state index in [1.165, 1.54) is 0 Å². The molecule has 1 aliphatic heterocycles. The van der Waals surface area contributed by atoms with Crippen LogP contribution in [0.15, 0.2) is 28.2 Å². The zero-order valence-corrected chi connectivity index (χ0v) is 11.4. The minimum absolute atomic E-state index is 0.706. The van der Waals surface area contributed by atoms with Gasteiger partial charge in [-0.25, -0.2) is 4.98 Å². The van der Waals surface area contributed by atoms with Crippen LogP contribution in [-0.2, 0) is 0 Å². The second-order valence-corrected chi connectivity index (χ2v) is 5.36. The van der Waals surface area contributed by atoms with E-state index in [4.69, 9.17) is 9.47 Å². The molecule has 0 saturated heterocycles. The summed E-state index contributed by atoms with van der Waals surface area (Å²) in [6, 6.07) is 5.95. The summed E-state index contributed by atoms with van der Waals surface area (Å²) in [5, 5.41) is 2.95. The van der Waals surface area contributed by atoms with Crippen LogP contribution < -0.4 is 9.47 Å². The number of hydrogen-bond donors (Lipinski definition) is 0. The smallest absolute Gasteiger partial charge is 0.161 e. The van der Waals surface area contributed by atoms with Crippen molar-refractivity contribution in [3.63, 3.8) is 0 Å². The lowest BCUT2D eigenvalue weighted by molar-refractivity contribution is 0.297. The summed E-state index contributed by atoms with van der Waals surface area (Å²) >= 11 is 4.96. The van der Waals surface area contributed by atoms with E-state index >= 15 is 0 Å². The molecule has 3 nitrogen and oxygen atoms in total.